The lowest BCUT2D eigenvalue weighted by Crippen LogP contribution is -2.42. The summed E-state index contributed by atoms with van der Waals surface area (Å²) < 4.78 is 5.07. The van der Waals surface area contributed by atoms with Crippen molar-refractivity contribution >= 4 is 34.3 Å². The molecule has 0 saturated carbocycles. The molecule has 2 aromatic rings. The third-order valence-corrected chi connectivity index (χ3v) is 5.63. The number of esters is 1. The van der Waals surface area contributed by atoms with Gasteiger partial charge >= 0.3 is 5.97 Å². The highest BCUT2D eigenvalue weighted by Crippen LogP contribution is 2.20. The van der Waals surface area contributed by atoms with Crippen LogP contribution >= 0.6 is 11.3 Å². The monoisotopic (exact) mass is 432 g/mol. The highest BCUT2D eigenvalue weighted by molar-refractivity contribution is 7.14. The molecule has 0 aromatic carbocycles. The summed E-state index contributed by atoms with van der Waals surface area (Å²) in [6.07, 6.45) is 3.67. The van der Waals surface area contributed by atoms with E-state index in [0.717, 1.165) is 12.8 Å². The number of H-pyrrole nitrogens is 1. The topological polar surface area (TPSA) is 121 Å². The summed E-state index contributed by atoms with van der Waals surface area (Å²) in [5.41, 5.74) is 0.218. The molecule has 3 heterocycles. The van der Waals surface area contributed by atoms with Crippen LogP contribution in [0.3, 0.4) is 0 Å². The fourth-order valence-electron chi connectivity index (χ4n) is 3.29. The number of hydrogen-bond donors (Lipinski definition) is 2. The van der Waals surface area contributed by atoms with Crippen molar-refractivity contribution in [3.8, 4) is 0 Å². The van der Waals surface area contributed by atoms with E-state index < -0.39 is 11.5 Å². The molecule has 1 saturated heterocycles. The second kappa shape index (κ2) is 10.1. The number of nitrogens with zero attached hydrogens (tertiary/aromatic N) is 2. The zero-order chi connectivity index (χ0) is 21.5. The minimum absolute atomic E-state index is 0.00526. The fourth-order valence-corrected chi connectivity index (χ4v) is 4.03. The molecule has 0 aliphatic carbocycles. The molecule has 1 aliphatic rings. The van der Waals surface area contributed by atoms with E-state index in [1.54, 1.807) is 23.3 Å². The Balaban J connectivity index is 1.51. The van der Waals surface area contributed by atoms with Crippen LogP contribution < -0.4 is 10.9 Å². The summed E-state index contributed by atoms with van der Waals surface area (Å²) in [6, 6.07) is 3.01. The summed E-state index contributed by atoms with van der Waals surface area (Å²) in [6.45, 7) is 3.14. The molecule has 160 valence electrons. The van der Waals surface area contributed by atoms with Crippen LogP contribution in [-0.4, -0.2) is 52.3 Å². The van der Waals surface area contributed by atoms with E-state index in [2.05, 4.69) is 15.3 Å². The fraction of sp³-hybridized carbons (Fsp3) is 0.450. The Labute approximate surface area is 177 Å². The minimum Gasteiger partial charge on any atom is -0.466 e. The van der Waals surface area contributed by atoms with Crippen LogP contribution in [0, 0.1) is 5.92 Å². The third-order valence-electron chi connectivity index (χ3n) is 4.82. The van der Waals surface area contributed by atoms with Crippen molar-refractivity contribution in [2.75, 3.05) is 25.0 Å². The Morgan fingerprint density at radius 3 is 3.00 bits per heavy atom. The van der Waals surface area contributed by atoms with Crippen molar-refractivity contribution in [2.45, 2.75) is 32.6 Å². The van der Waals surface area contributed by atoms with Crippen LogP contribution in [0.4, 0.5) is 5.13 Å². The van der Waals surface area contributed by atoms with E-state index in [1.165, 1.54) is 23.6 Å². The van der Waals surface area contributed by atoms with Gasteiger partial charge in [0.2, 0.25) is 5.91 Å². The van der Waals surface area contributed by atoms with E-state index in [4.69, 9.17) is 4.74 Å². The molecular formula is C20H24N4O5S. The Bertz CT molecular complexity index is 970. The molecule has 1 unspecified atom stereocenters. The van der Waals surface area contributed by atoms with Crippen molar-refractivity contribution < 1.29 is 19.1 Å². The minimum atomic E-state index is -0.535. The van der Waals surface area contributed by atoms with Crippen LogP contribution in [-0.2, 0) is 20.7 Å². The number of carbonyl (C=O) groups excluding carboxylic acids is 3. The lowest BCUT2D eigenvalue weighted by molar-refractivity contribution is -0.151. The number of thiazole rings is 1. The summed E-state index contributed by atoms with van der Waals surface area (Å²) >= 11 is 1.23. The first-order valence-electron chi connectivity index (χ1n) is 9.85. The van der Waals surface area contributed by atoms with Gasteiger partial charge in [0.25, 0.3) is 11.5 Å². The number of anilines is 1. The number of rotatable bonds is 7. The third kappa shape index (κ3) is 5.53. The van der Waals surface area contributed by atoms with E-state index in [0.29, 0.717) is 36.9 Å². The summed E-state index contributed by atoms with van der Waals surface area (Å²) in [7, 11) is 0. The average Bonchev–Trinajstić information content (AvgIpc) is 3.19. The number of aromatic nitrogens is 2. The largest absolute Gasteiger partial charge is 0.466 e. The Morgan fingerprint density at radius 1 is 1.40 bits per heavy atom. The van der Waals surface area contributed by atoms with Crippen LogP contribution in [0.1, 0.15) is 42.2 Å². The molecule has 30 heavy (non-hydrogen) atoms. The summed E-state index contributed by atoms with van der Waals surface area (Å²) in [4.78, 5) is 56.8. The van der Waals surface area contributed by atoms with Crippen LogP contribution in [0.25, 0.3) is 0 Å². The number of likely N-dealkylation sites (tertiary alicyclic amines) is 1. The number of carbonyl (C=O) groups is 3. The first kappa shape index (κ1) is 21.7. The van der Waals surface area contributed by atoms with Crippen molar-refractivity contribution in [2.24, 2.45) is 5.92 Å². The van der Waals surface area contributed by atoms with Gasteiger partial charge < -0.3 is 14.6 Å². The number of ether oxygens (including phenoxy) is 1. The van der Waals surface area contributed by atoms with Gasteiger partial charge in [0, 0.05) is 31.1 Å². The van der Waals surface area contributed by atoms with Gasteiger partial charge in [0.05, 0.1) is 18.2 Å². The van der Waals surface area contributed by atoms with Crippen LogP contribution in [0.2, 0.25) is 0 Å². The van der Waals surface area contributed by atoms with E-state index in [9.17, 15) is 19.2 Å². The standard InChI is InChI=1S/C20H24N4O5S/c1-2-29-19(28)13-5-4-10-24(11-13)16(25)8-7-14-12-30-20(22-14)23-18(27)15-6-3-9-21-17(15)26/h3,6,9,12-13H,2,4-5,7-8,10-11H2,1H3,(H,21,26)(H,22,23,27). The maximum absolute atomic E-state index is 12.5. The molecule has 2 aromatic heterocycles. The predicted molar refractivity (Wildman–Crippen MR) is 111 cm³/mol. The summed E-state index contributed by atoms with van der Waals surface area (Å²) in [5, 5.41) is 4.74. The van der Waals surface area contributed by atoms with E-state index in [-0.39, 0.29) is 29.8 Å². The highest BCUT2D eigenvalue weighted by Gasteiger charge is 2.29. The molecule has 0 bridgehead atoms. The zero-order valence-electron chi connectivity index (χ0n) is 16.7. The second-order valence-electron chi connectivity index (χ2n) is 6.94. The number of aromatic amines is 1. The van der Waals surface area contributed by atoms with Gasteiger partial charge in [-0.2, -0.15) is 0 Å². The molecule has 0 spiro atoms. The molecule has 0 radical (unpaired) electrons. The Kier molecular flexibility index (Phi) is 7.34. The number of aryl methyl sites for hydroxylation is 1. The number of amides is 2. The van der Waals surface area contributed by atoms with Crippen LogP contribution in [0.15, 0.2) is 28.5 Å². The Morgan fingerprint density at radius 2 is 2.23 bits per heavy atom. The van der Waals surface area contributed by atoms with Crippen molar-refractivity contribution in [1.29, 1.82) is 0 Å². The van der Waals surface area contributed by atoms with Gasteiger partial charge in [-0.1, -0.05) is 0 Å². The van der Waals surface area contributed by atoms with Gasteiger partial charge in [0.1, 0.15) is 5.56 Å². The number of hydrogen-bond acceptors (Lipinski definition) is 7. The molecule has 3 rings (SSSR count). The first-order valence-corrected chi connectivity index (χ1v) is 10.7. The molecule has 1 aliphatic heterocycles. The second-order valence-corrected chi connectivity index (χ2v) is 7.80. The molecule has 1 atom stereocenters. The molecular weight excluding hydrogens is 408 g/mol. The van der Waals surface area contributed by atoms with E-state index >= 15 is 0 Å². The lowest BCUT2D eigenvalue weighted by atomic mass is 9.98. The smallest absolute Gasteiger partial charge is 0.310 e. The average molecular weight is 433 g/mol. The van der Waals surface area contributed by atoms with Gasteiger partial charge in [-0.25, -0.2) is 4.98 Å². The number of piperidine rings is 1. The quantitative estimate of drug-likeness (QED) is 0.644. The lowest BCUT2D eigenvalue weighted by Gasteiger charge is -2.31. The number of nitrogens with one attached hydrogen (secondary N) is 2. The highest BCUT2D eigenvalue weighted by atomic mass is 32.1. The zero-order valence-corrected chi connectivity index (χ0v) is 17.5. The van der Waals surface area contributed by atoms with Crippen molar-refractivity contribution in [3.63, 3.8) is 0 Å². The first-order chi connectivity index (χ1) is 14.5. The normalized spacial score (nSPS) is 16.2. The number of pyridine rings is 1. The summed E-state index contributed by atoms with van der Waals surface area (Å²) in [5.74, 6) is -1.07. The Hall–Kier alpha value is -3.01. The predicted octanol–water partition coefficient (Wildman–Crippen LogP) is 1.82. The maximum atomic E-state index is 12.5. The van der Waals surface area contributed by atoms with Crippen LogP contribution in [0.5, 0.6) is 0 Å². The van der Waals surface area contributed by atoms with E-state index in [1.807, 2.05) is 0 Å². The van der Waals surface area contributed by atoms with Gasteiger partial charge in [-0.3, -0.25) is 24.5 Å². The van der Waals surface area contributed by atoms with Crippen molar-refractivity contribution in [3.05, 3.63) is 45.3 Å². The maximum Gasteiger partial charge on any atom is 0.310 e. The van der Waals surface area contributed by atoms with Gasteiger partial charge in [0.15, 0.2) is 5.13 Å². The molecule has 1 fully saturated rings. The van der Waals surface area contributed by atoms with Gasteiger partial charge in [-0.15, -0.1) is 11.3 Å². The van der Waals surface area contributed by atoms with Gasteiger partial charge in [-0.05, 0) is 38.3 Å². The molecule has 10 heteroatoms. The SMILES string of the molecule is CCOC(=O)C1CCCN(C(=O)CCc2csc(NC(=O)c3ccc[nH]c3=O)n2)C1. The molecule has 9 nitrogen and oxygen atoms in total. The van der Waals surface area contributed by atoms with Crippen molar-refractivity contribution in [1.82, 2.24) is 14.9 Å². The molecule has 2 N–H and O–H groups in total. The molecule has 2 amide bonds.